The number of nitrogens with zero attached hydrogens (tertiary/aromatic N) is 3. The van der Waals surface area contributed by atoms with Crippen LogP contribution in [0.4, 0.5) is 0 Å². The van der Waals surface area contributed by atoms with Crippen LogP contribution in [0.5, 0.6) is 0 Å². The fourth-order valence-corrected chi connectivity index (χ4v) is 1.13. The number of aromatic carboxylic acids is 1. The molecule has 2 aromatic rings. The van der Waals surface area contributed by atoms with Gasteiger partial charge in [-0.15, -0.1) is 0 Å². The monoisotopic (exact) mass is 209 g/mol. The molecule has 0 radical (unpaired) electrons. The van der Waals surface area contributed by atoms with Gasteiger partial charge < -0.3 is 14.0 Å². The van der Waals surface area contributed by atoms with Crippen molar-refractivity contribution in [3.63, 3.8) is 0 Å². The largest absolute Gasteiger partial charge is 0.475 e. The Morgan fingerprint density at radius 3 is 2.53 bits per heavy atom. The maximum absolute atomic E-state index is 10.5. The van der Waals surface area contributed by atoms with Crippen molar-refractivity contribution in [3.05, 3.63) is 17.4 Å². The van der Waals surface area contributed by atoms with Crippen molar-refractivity contribution in [3.8, 4) is 11.7 Å². The van der Waals surface area contributed by atoms with E-state index < -0.39 is 11.8 Å². The minimum absolute atomic E-state index is 0.0190. The van der Waals surface area contributed by atoms with Crippen molar-refractivity contribution in [2.45, 2.75) is 13.8 Å². The molecule has 0 aliphatic rings. The van der Waals surface area contributed by atoms with Gasteiger partial charge in [-0.1, -0.05) is 0 Å². The summed E-state index contributed by atoms with van der Waals surface area (Å²) < 4.78 is 9.92. The van der Waals surface area contributed by atoms with Gasteiger partial charge in [0.2, 0.25) is 5.76 Å². The molecule has 0 aliphatic carbocycles. The molecular formula is C8H7N3O4. The van der Waals surface area contributed by atoms with Crippen LogP contribution in [0.3, 0.4) is 0 Å². The highest BCUT2D eigenvalue weighted by Gasteiger charge is 2.19. The summed E-state index contributed by atoms with van der Waals surface area (Å²) >= 11 is 0. The Balaban J connectivity index is 2.45. The van der Waals surface area contributed by atoms with Crippen molar-refractivity contribution in [1.29, 1.82) is 0 Å². The zero-order valence-corrected chi connectivity index (χ0v) is 8.01. The molecule has 15 heavy (non-hydrogen) atoms. The second-order valence-electron chi connectivity index (χ2n) is 2.88. The van der Waals surface area contributed by atoms with Crippen LogP contribution >= 0.6 is 0 Å². The lowest BCUT2D eigenvalue weighted by Gasteiger charge is -1.85. The second kappa shape index (κ2) is 3.19. The lowest BCUT2D eigenvalue weighted by Crippen LogP contribution is -1.98. The van der Waals surface area contributed by atoms with E-state index in [1.165, 1.54) is 0 Å². The fourth-order valence-electron chi connectivity index (χ4n) is 1.13. The maximum atomic E-state index is 10.5. The predicted molar refractivity (Wildman–Crippen MR) is 46.2 cm³/mol. The van der Waals surface area contributed by atoms with Crippen LogP contribution in [-0.4, -0.2) is 26.2 Å². The second-order valence-corrected chi connectivity index (χ2v) is 2.88. The first-order valence-electron chi connectivity index (χ1n) is 4.09. The molecule has 0 saturated heterocycles. The lowest BCUT2D eigenvalue weighted by atomic mass is 10.4. The van der Waals surface area contributed by atoms with Gasteiger partial charge in [0.1, 0.15) is 0 Å². The molecule has 0 saturated carbocycles. The first-order valence-corrected chi connectivity index (χ1v) is 4.09. The molecule has 2 rings (SSSR count). The fraction of sp³-hybridized carbons (Fsp3) is 0.250. The molecule has 0 aromatic carbocycles. The molecule has 2 aromatic heterocycles. The van der Waals surface area contributed by atoms with Gasteiger partial charge in [0, 0.05) is 6.92 Å². The van der Waals surface area contributed by atoms with E-state index in [1.54, 1.807) is 13.8 Å². The van der Waals surface area contributed by atoms with Crippen LogP contribution in [0, 0.1) is 13.8 Å². The summed E-state index contributed by atoms with van der Waals surface area (Å²) in [5.74, 6) is -0.882. The molecule has 7 nitrogen and oxygen atoms in total. The van der Waals surface area contributed by atoms with Gasteiger partial charge >= 0.3 is 5.97 Å². The Morgan fingerprint density at radius 1 is 1.33 bits per heavy atom. The molecule has 7 heteroatoms. The first kappa shape index (κ1) is 9.38. The summed E-state index contributed by atoms with van der Waals surface area (Å²) in [5, 5.41) is 11.9. The molecular weight excluding hydrogens is 202 g/mol. The molecule has 0 atom stereocenters. The van der Waals surface area contributed by atoms with E-state index in [2.05, 4.69) is 15.1 Å². The van der Waals surface area contributed by atoms with Gasteiger partial charge in [0.25, 0.3) is 11.7 Å². The molecule has 78 valence electrons. The average molecular weight is 209 g/mol. The summed E-state index contributed by atoms with van der Waals surface area (Å²) in [6.45, 7) is 3.38. The number of hydrogen-bond donors (Lipinski definition) is 1. The molecule has 0 aliphatic heterocycles. The van der Waals surface area contributed by atoms with Gasteiger partial charge in [-0.3, -0.25) is 0 Å². The summed E-state index contributed by atoms with van der Waals surface area (Å²) in [4.78, 5) is 18.1. The third kappa shape index (κ3) is 1.58. The van der Waals surface area contributed by atoms with Crippen molar-refractivity contribution in [1.82, 2.24) is 15.1 Å². The van der Waals surface area contributed by atoms with E-state index in [1.807, 2.05) is 0 Å². The number of aryl methyl sites for hydroxylation is 2. The van der Waals surface area contributed by atoms with E-state index in [0.29, 0.717) is 17.3 Å². The highest BCUT2D eigenvalue weighted by atomic mass is 16.5. The third-order valence-corrected chi connectivity index (χ3v) is 1.72. The standard InChI is InChI=1S/C8H7N3O4/c1-3-5(14-4(2)9-3)7-10-6(8(12)13)11-15-7/h1-2H3,(H,12,13). The minimum Gasteiger partial charge on any atom is -0.475 e. The zero-order chi connectivity index (χ0) is 11.0. The quantitative estimate of drug-likeness (QED) is 0.787. The number of carboxylic acids is 1. The summed E-state index contributed by atoms with van der Waals surface area (Å²) in [6, 6.07) is 0. The number of carbonyl (C=O) groups is 1. The van der Waals surface area contributed by atoms with Gasteiger partial charge in [0.05, 0.1) is 5.69 Å². The number of hydrogen-bond acceptors (Lipinski definition) is 6. The minimum atomic E-state index is -1.25. The normalized spacial score (nSPS) is 10.5. The predicted octanol–water partition coefficient (Wildman–Crippen LogP) is 1.04. The Morgan fingerprint density at radius 2 is 2.07 bits per heavy atom. The molecule has 0 fully saturated rings. The van der Waals surface area contributed by atoms with Crippen LogP contribution in [0.2, 0.25) is 0 Å². The molecule has 0 bridgehead atoms. The van der Waals surface area contributed by atoms with E-state index >= 15 is 0 Å². The lowest BCUT2D eigenvalue weighted by molar-refractivity contribution is 0.0680. The molecule has 0 unspecified atom stereocenters. The number of carboxylic acid groups (broad SMARTS) is 1. The molecule has 0 amide bonds. The zero-order valence-electron chi connectivity index (χ0n) is 8.01. The number of rotatable bonds is 2. The van der Waals surface area contributed by atoms with Crippen LogP contribution < -0.4 is 0 Å². The maximum Gasteiger partial charge on any atom is 0.377 e. The van der Waals surface area contributed by atoms with Gasteiger partial charge in [-0.25, -0.2) is 9.78 Å². The van der Waals surface area contributed by atoms with Gasteiger partial charge in [0.15, 0.2) is 5.89 Å². The first-order chi connectivity index (χ1) is 7.08. The van der Waals surface area contributed by atoms with Gasteiger partial charge in [-0.05, 0) is 12.1 Å². The van der Waals surface area contributed by atoms with E-state index in [0.717, 1.165) is 0 Å². The Labute approximate surface area is 83.7 Å². The van der Waals surface area contributed by atoms with Crippen LogP contribution in [0.15, 0.2) is 8.94 Å². The van der Waals surface area contributed by atoms with Crippen molar-refractivity contribution in [2.24, 2.45) is 0 Å². The van der Waals surface area contributed by atoms with Crippen molar-refractivity contribution in [2.75, 3.05) is 0 Å². The third-order valence-electron chi connectivity index (χ3n) is 1.72. The van der Waals surface area contributed by atoms with Crippen molar-refractivity contribution >= 4 is 5.97 Å². The van der Waals surface area contributed by atoms with E-state index in [-0.39, 0.29) is 5.89 Å². The SMILES string of the molecule is Cc1nc(C)c(-c2nc(C(=O)O)no2)o1. The van der Waals surface area contributed by atoms with Crippen LogP contribution in [0.1, 0.15) is 22.2 Å². The summed E-state index contributed by atoms with van der Waals surface area (Å²) in [6.07, 6.45) is 0. The van der Waals surface area contributed by atoms with Crippen molar-refractivity contribution < 1.29 is 18.8 Å². The van der Waals surface area contributed by atoms with Crippen LogP contribution in [-0.2, 0) is 0 Å². The highest BCUT2D eigenvalue weighted by molar-refractivity contribution is 5.83. The topological polar surface area (TPSA) is 102 Å². The van der Waals surface area contributed by atoms with E-state index in [9.17, 15) is 4.79 Å². The highest BCUT2D eigenvalue weighted by Crippen LogP contribution is 2.22. The van der Waals surface area contributed by atoms with Crippen LogP contribution in [0.25, 0.3) is 11.7 Å². The Kier molecular flexibility index (Phi) is 2.00. The smallest absolute Gasteiger partial charge is 0.377 e. The number of oxazole rings is 1. The van der Waals surface area contributed by atoms with E-state index in [4.69, 9.17) is 14.0 Å². The summed E-state index contributed by atoms with van der Waals surface area (Å²) in [7, 11) is 0. The van der Waals surface area contributed by atoms with Gasteiger partial charge in [-0.2, -0.15) is 4.98 Å². The average Bonchev–Trinajstić information content (AvgIpc) is 2.71. The number of aromatic nitrogens is 3. The summed E-state index contributed by atoms with van der Waals surface area (Å²) in [5.41, 5.74) is 0.577. The molecule has 0 spiro atoms. The Bertz CT molecular complexity index is 514. The molecule has 1 N–H and O–H groups in total. The Hall–Kier alpha value is -2.18. The molecule has 2 heterocycles.